The Hall–Kier alpha value is -3.02. The Morgan fingerprint density at radius 3 is 2.14 bits per heavy atom. The summed E-state index contributed by atoms with van der Waals surface area (Å²) in [5.41, 5.74) is 2.54. The first-order valence-electron chi connectivity index (χ1n) is 8.98. The highest BCUT2D eigenvalue weighted by molar-refractivity contribution is 8.04. The number of nitrogens with one attached hydrogen (secondary N) is 1. The summed E-state index contributed by atoms with van der Waals surface area (Å²) in [6, 6.07) is 23.8. The Balaban J connectivity index is 1.73. The molecule has 0 bridgehead atoms. The van der Waals surface area contributed by atoms with E-state index >= 15 is 0 Å². The molecule has 0 saturated heterocycles. The molecular weight excluding hydrogens is 404 g/mol. The molecule has 0 aromatic heterocycles. The van der Waals surface area contributed by atoms with Gasteiger partial charge < -0.3 is 5.32 Å². The van der Waals surface area contributed by atoms with Crippen LogP contribution in [-0.2, 0) is 9.59 Å². The van der Waals surface area contributed by atoms with Crippen LogP contribution in [0.1, 0.15) is 5.56 Å². The van der Waals surface area contributed by atoms with E-state index in [1.165, 1.54) is 16.7 Å². The van der Waals surface area contributed by atoms with Crippen LogP contribution in [0.2, 0.25) is 5.02 Å². The van der Waals surface area contributed by atoms with Crippen molar-refractivity contribution in [3.05, 3.63) is 100 Å². The van der Waals surface area contributed by atoms with Crippen LogP contribution in [0.25, 0.3) is 0 Å². The van der Waals surface area contributed by atoms with Crippen LogP contribution >= 0.6 is 23.4 Å². The molecule has 144 valence electrons. The van der Waals surface area contributed by atoms with Crippen molar-refractivity contribution in [3.8, 4) is 0 Å². The number of benzene rings is 3. The lowest BCUT2D eigenvalue weighted by atomic mass is 10.2. The van der Waals surface area contributed by atoms with Gasteiger partial charge in [-0.2, -0.15) is 0 Å². The highest BCUT2D eigenvalue weighted by atomic mass is 35.5. The van der Waals surface area contributed by atoms with Gasteiger partial charge in [0.15, 0.2) is 0 Å². The molecule has 1 aliphatic rings. The molecule has 4 nitrogen and oxygen atoms in total. The topological polar surface area (TPSA) is 49.4 Å². The first-order chi connectivity index (χ1) is 14.0. The number of anilines is 2. The van der Waals surface area contributed by atoms with Crippen molar-refractivity contribution in [2.24, 2.45) is 0 Å². The molecule has 0 unspecified atom stereocenters. The zero-order chi connectivity index (χ0) is 20.4. The molecule has 0 spiro atoms. The predicted molar refractivity (Wildman–Crippen MR) is 118 cm³/mol. The van der Waals surface area contributed by atoms with Gasteiger partial charge in [-0.1, -0.05) is 59.3 Å². The maximum atomic E-state index is 13.2. The second kappa shape index (κ2) is 8.15. The third-order valence-corrected chi connectivity index (χ3v) is 5.75. The number of imide groups is 1. The smallest absolute Gasteiger partial charge is 0.283 e. The number of hydrogen-bond donors (Lipinski definition) is 1. The van der Waals surface area contributed by atoms with E-state index in [1.807, 2.05) is 49.4 Å². The zero-order valence-electron chi connectivity index (χ0n) is 15.6. The van der Waals surface area contributed by atoms with Gasteiger partial charge in [-0.05, 0) is 55.5 Å². The molecule has 29 heavy (non-hydrogen) atoms. The zero-order valence-corrected chi connectivity index (χ0v) is 17.1. The van der Waals surface area contributed by atoms with Crippen LogP contribution in [0.3, 0.4) is 0 Å². The molecule has 0 fully saturated rings. The average Bonchev–Trinajstić information content (AvgIpc) is 2.95. The third-order valence-electron chi connectivity index (χ3n) is 4.41. The summed E-state index contributed by atoms with van der Waals surface area (Å²) < 4.78 is 0. The van der Waals surface area contributed by atoms with E-state index in [2.05, 4.69) is 5.32 Å². The summed E-state index contributed by atoms with van der Waals surface area (Å²) >= 11 is 7.23. The van der Waals surface area contributed by atoms with Gasteiger partial charge in [0, 0.05) is 15.6 Å². The molecule has 0 atom stereocenters. The van der Waals surface area contributed by atoms with Gasteiger partial charge >= 0.3 is 0 Å². The number of hydrogen-bond acceptors (Lipinski definition) is 4. The number of halogens is 1. The van der Waals surface area contributed by atoms with Crippen molar-refractivity contribution >= 4 is 46.6 Å². The van der Waals surface area contributed by atoms with Gasteiger partial charge in [0.25, 0.3) is 11.8 Å². The molecule has 0 saturated carbocycles. The summed E-state index contributed by atoms with van der Waals surface area (Å²) in [7, 11) is 0. The van der Waals surface area contributed by atoms with Gasteiger partial charge in [0.1, 0.15) is 10.6 Å². The number of carbonyl (C=O) groups excluding carboxylic acids is 2. The largest absolute Gasteiger partial charge is 0.350 e. The van der Waals surface area contributed by atoms with Gasteiger partial charge in [-0.3, -0.25) is 9.59 Å². The number of carbonyl (C=O) groups is 2. The minimum atomic E-state index is -0.382. The van der Waals surface area contributed by atoms with Crippen LogP contribution < -0.4 is 10.2 Å². The molecule has 3 aromatic rings. The lowest BCUT2D eigenvalue weighted by Gasteiger charge is -2.15. The average molecular weight is 421 g/mol. The molecule has 3 aromatic carbocycles. The summed E-state index contributed by atoms with van der Waals surface area (Å²) in [6.07, 6.45) is 0. The molecule has 4 rings (SSSR count). The standard InChI is InChI=1S/C23H17ClN2O2S/c1-15-7-13-18(14-8-15)26-22(27)20(25-17-11-9-16(24)10-12-17)21(23(26)28)29-19-5-3-2-4-6-19/h2-14,25H,1H3. The van der Waals surface area contributed by atoms with E-state index in [9.17, 15) is 9.59 Å². The first-order valence-corrected chi connectivity index (χ1v) is 10.2. The van der Waals surface area contributed by atoms with E-state index in [-0.39, 0.29) is 17.5 Å². The highest BCUT2D eigenvalue weighted by Gasteiger charge is 2.40. The third kappa shape index (κ3) is 4.06. The van der Waals surface area contributed by atoms with E-state index in [0.717, 1.165) is 10.5 Å². The summed E-state index contributed by atoms with van der Waals surface area (Å²) in [5.74, 6) is -0.726. The van der Waals surface area contributed by atoms with E-state index in [4.69, 9.17) is 11.6 Å². The summed E-state index contributed by atoms with van der Waals surface area (Å²) in [4.78, 5) is 28.9. The minimum absolute atomic E-state index is 0.256. The van der Waals surface area contributed by atoms with E-state index in [1.54, 1.807) is 36.4 Å². The maximum absolute atomic E-state index is 13.2. The molecule has 0 aliphatic carbocycles. The Morgan fingerprint density at radius 2 is 1.48 bits per heavy atom. The second-order valence-corrected chi connectivity index (χ2v) is 8.05. The van der Waals surface area contributed by atoms with Crippen molar-refractivity contribution in [2.75, 3.05) is 10.2 Å². The van der Waals surface area contributed by atoms with Gasteiger partial charge in [-0.25, -0.2) is 4.90 Å². The minimum Gasteiger partial charge on any atom is -0.350 e. The number of rotatable bonds is 5. The first kappa shape index (κ1) is 19.3. The molecule has 0 radical (unpaired) electrons. The van der Waals surface area contributed by atoms with Crippen LogP contribution in [0.15, 0.2) is 94.4 Å². The molecule has 1 aliphatic heterocycles. The van der Waals surface area contributed by atoms with Gasteiger partial charge in [-0.15, -0.1) is 0 Å². The second-order valence-electron chi connectivity index (χ2n) is 6.53. The van der Waals surface area contributed by atoms with Crippen LogP contribution in [0.4, 0.5) is 11.4 Å². The highest BCUT2D eigenvalue weighted by Crippen LogP contribution is 2.37. The van der Waals surface area contributed by atoms with Crippen LogP contribution in [0, 0.1) is 6.92 Å². The van der Waals surface area contributed by atoms with Crippen molar-refractivity contribution in [3.63, 3.8) is 0 Å². The normalized spacial score (nSPS) is 13.9. The summed E-state index contributed by atoms with van der Waals surface area (Å²) in [5, 5.41) is 3.71. The Bertz CT molecular complexity index is 1090. The number of thioether (sulfide) groups is 1. The molecule has 6 heteroatoms. The number of nitrogens with zero attached hydrogens (tertiary/aromatic N) is 1. The van der Waals surface area contributed by atoms with E-state index in [0.29, 0.717) is 21.3 Å². The van der Waals surface area contributed by atoms with Crippen LogP contribution in [0.5, 0.6) is 0 Å². The summed E-state index contributed by atoms with van der Waals surface area (Å²) in [6.45, 7) is 1.96. The molecular formula is C23H17ClN2O2S. The Kier molecular flexibility index (Phi) is 5.43. The van der Waals surface area contributed by atoms with Crippen molar-refractivity contribution in [1.29, 1.82) is 0 Å². The van der Waals surface area contributed by atoms with E-state index < -0.39 is 0 Å². The van der Waals surface area contributed by atoms with Crippen molar-refractivity contribution < 1.29 is 9.59 Å². The number of amides is 2. The number of aryl methyl sites for hydroxylation is 1. The quantitative estimate of drug-likeness (QED) is 0.543. The molecule has 1 heterocycles. The fourth-order valence-corrected chi connectivity index (χ4v) is 4.00. The fourth-order valence-electron chi connectivity index (χ4n) is 2.93. The predicted octanol–water partition coefficient (Wildman–Crippen LogP) is 5.64. The maximum Gasteiger partial charge on any atom is 0.283 e. The van der Waals surface area contributed by atoms with Gasteiger partial charge in [0.2, 0.25) is 0 Å². The monoisotopic (exact) mass is 420 g/mol. The SMILES string of the molecule is Cc1ccc(N2C(=O)C(Nc3ccc(Cl)cc3)=C(Sc3ccccc3)C2=O)cc1. The lowest BCUT2D eigenvalue weighted by molar-refractivity contribution is -0.120. The van der Waals surface area contributed by atoms with Crippen LogP contribution in [-0.4, -0.2) is 11.8 Å². The van der Waals surface area contributed by atoms with Crippen molar-refractivity contribution in [2.45, 2.75) is 11.8 Å². The fraction of sp³-hybridized carbons (Fsp3) is 0.0435. The van der Waals surface area contributed by atoms with Gasteiger partial charge in [0.05, 0.1) is 5.69 Å². The molecule has 1 N–H and O–H groups in total. The lowest BCUT2D eigenvalue weighted by Crippen LogP contribution is -2.32. The Morgan fingerprint density at radius 1 is 0.828 bits per heavy atom. The van der Waals surface area contributed by atoms with Crippen molar-refractivity contribution in [1.82, 2.24) is 0 Å². The Labute approximate surface area is 178 Å². The molecule has 2 amide bonds.